The second-order valence-corrected chi connectivity index (χ2v) is 6.29. The molecule has 1 aliphatic carbocycles. The van der Waals surface area contributed by atoms with Gasteiger partial charge in [0.1, 0.15) is 0 Å². The largest absolute Gasteiger partial charge is 0.393 e. The highest BCUT2D eigenvalue weighted by Gasteiger charge is 2.18. The molecule has 2 rings (SSSR count). The van der Waals surface area contributed by atoms with Crippen molar-refractivity contribution >= 4 is 11.3 Å². The maximum absolute atomic E-state index is 9.43. The average molecular weight is 239 g/mol. The number of aliphatic hydroxyl groups is 1. The SMILES string of the molecule is Cc1cc(CNC2CCC(O)CC2)c(C)s1. The molecular weight excluding hydrogens is 218 g/mol. The van der Waals surface area contributed by atoms with Crippen LogP contribution in [0.15, 0.2) is 6.07 Å². The third kappa shape index (κ3) is 3.06. The predicted molar refractivity (Wildman–Crippen MR) is 68.9 cm³/mol. The number of thiophene rings is 1. The van der Waals surface area contributed by atoms with Crippen molar-refractivity contribution in [2.45, 2.75) is 58.2 Å². The standard InChI is InChI=1S/C13H21NOS/c1-9-7-11(10(2)16-9)8-14-12-3-5-13(15)6-4-12/h7,12-15H,3-6,8H2,1-2H3. The molecule has 1 aliphatic rings. The zero-order chi connectivity index (χ0) is 11.5. The Morgan fingerprint density at radius 2 is 2.00 bits per heavy atom. The first-order valence-corrected chi connectivity index (χ1v) is 6.94. The van der Waals surface area contributed by atoms with E-state index < -0.39 is 0 Å². The van der Waals surface area contributed by atoms with Crippen molar-refractivity contribution in [2.75, 3.05) is 0 Å². The molecule has 90 valence electrons. The van der Waals surface area contributed by atoms with Crippen molar-refractivity contribution in [1.29, 1.82) is 0 Å². The van der Waals surface area contributed by atoms with E-state index in [0.29, 0.717) is 6.04 Å². The fourth-order valence-corrected chi connectivity index (χ4v) is 3.34. The topological polar surface area (TPSA) is 32.3 Å². The molecule has 0 aromatic carbocycles. The monoisotopic (exact) mass is 239 g/mol. The zero-order valence-electron chi connectivity index (χ0n) is 10.1. The number of aliphatic hydroxyl groups excluding tert-OH is 1. The van der Waals surface area contributed by atoms with Gasteiger partial charge in [-0.15, -0.1) is 11.3 Å². The van der Waals surface area contributed by atoms with Gasteiger partial charge in [0.05, 0.1) is 6.10 Å². The molecule has 1 heterocycles. The van der Waals surface area contributed by atoms with Crippen molar-refractivity contribution in [3.05, 3.63) is 21.4 Å². The van der Waals surface area contributed by atoms with Crippen LogP contribution in [0.1, 0.15) is 41.0 Å². The average Bonchev–Trinajstić information content (AvgIpc) is 2.57. The fraction of sp³-hybridized carbons (Fsp3) is 0.692. The zero-order valence-corrected chi connectivity index (χ0v) is 10.9. The van der Waals surface area contributed by atoms with Gasteiger partial charge in [0, 0.05) is 22.3 Å². The third-order valence-corrected chi connectivity index (χ3v) is 4.43. The van der Waals surface area contributed by atoms with E-state index in [-0.39, 0.29) is 6.10 Å². The quantitative estimate of drug-likeness (QED) is 0.850. The third-order valence-electron chi connectivity index (χ3n) is 3.42. The number of hydrogen-bond donors (Lipinski definition) is 2. The first-order chi connectivity index (χ1) is 7.65. The van der Waals surface area contributed by atoms with Crippen molar-refractivity contribution in [3.8, 4) is 0 Å². The van der Waals surface area contributed by atoms with Crippen molar-refractivity contribution in [1.82, 2.24) is 5.32 Å². The normalized spacial score (nSPS) is 25.9. The van der Waals surface area contributed by atoms with Crippen molar-refractivity contribution < 1.29 is 5.11 Å². The first kappa shape index (κ1) is 12.1. The van der Waals surface area contributed by atoms with Crippen LogP contribution in [0.2, 0.25) is 0 Å². The van der Waals surface area contributed by atoms with Crippen molar-refractivity contribution in [2.24, 2.45) is 0 Å². The summed E-state index contributed by atoms with van der Waals surface area (Å²) in [5.74, 6) is 0. The summed E-state index contributed by atoms with van der Waals surface area (Å²) in [7, 11) is 0. The Kier molecular flexibility index (Phi) is 4.00. The second kappa shape index (κ2) is 5.30. The van der Waals surface area contributed by atoms with Gasteiger partial charge < -0.3 is 10.4 Å². The van der Waals surface area contributed by atoms with Gasteiger partial charge in [0.15, 0.2) is 0 Å². The minimum atomic E-state index is -0.0526. The highest BCUT2D eigenvalue weighted by molar-refractivity contribution is 7.12. The number of hydrogen-bond acceptors (Lipinski definition) is 3. The van der Waals surface area contributed by atoms with E-state index in [2.05, 4.69) is 25.2 Å². The molecule has 1 aromatic rings. The van der Waals surface area contributed by atoms with Gasteiger partial charge in [0.25, 0.3) is 0 Å². The lowest BCUT2D eigenvalue weighted by Gasteiger charge is -2.26. The predicted octanol–water partition coefficient (Wildman–Crippen LogP) is 2.76. The van der Waals surface area contributed by atoms with Crippen LogP contribution in [0, 0.1) is 13.8 Å². The molecule has 0 unspecified atom stereocenters. The molecule has 2 N–H and O–H groups in total. The van der Waals surface area contributed by atoms with Crippen LogP contribution in [0.4, 0.5) is 0 Å². The van der Waals surface area contributed by atoms with Crippen LogP contribution < -0.4 is 5.32 Å². The van der Waals surface area contributed by atoms with Gasteiger partial charge in [-0.2, -0.15) is 0 Å². The van der Waals surface area contributed by atoms with E-state index in [0.717, 1.165) is 32.2 Å². The molecule has 0 bridgehead atoms. The highest BCUT2D eigenvalue weighted by Crippen LogP contribution is 2.22. The van der Waals surface area contributed by atoms with E-state index >= 15 is 0 Å². The van der Waals surface area contributed by atoms with E-state index in [1.165, 1.54) is 15.3 Å². The summed E-state index contributed by atoms with van der Waals surface area (Å²) in [5, 5.41) is 13.0. The van der Waals surface area contributed by atoms with E-state index in [1.54, 1.807) is 0 Å². The Morgan fingerprint density at radius 3 is 2.56 bits per heavy atom. The summed E-state index contributed by atoms with van der Waals surface area (Å²) in [6.07, 6.45) is 4.09. The lowest BCUT2D eigenvalue weighted by molar-refractivity contribution is 0.116. The molecular formula is C13H21NOS. The Morgan fingerprint density at radius 1 is 1.31 bits per heavy atom. The van der Waals surface area contributed by atoms with Gasteiger partial charge >= 0.3 is 0 Å². The minimum Gasteiger partial charge on any atom is -0.393 e. The van der Waals surface area contributed by atoms with Crippen LogP contribution in [0.3, 0.4) is 0 Å². The Labute approximate surface area is 102 Å². The fourth-order valence-electron chi connectivity index (χ4n) is 2.39. The van der Waals surface area contributed by atoms with Crippen molar-refractivity contribution in [3.63, 3.8) is 0 Å². The van der Waals surface area contributed by atoms with Gasteiger partial charge in [-0.25, -0.2) is 0 Å². The molecule has 1 saturated carbocycles. The summed E-state index contributed by atoms with van der Waals surface area (Å²) in [4.78, 5) is 2.83. The Balaban J connectivity index is 1.81. The van der Waals surface area contributed by atoms with Crippen LogP contribution in [-0.4, -0.2) is 17.3 Å². The molecule has 0 spiro atoms. The Bertz CT molecular complexity index is 340. The number of rotatable bonds is 3. The summed E-state index contributed by atoms with van der Waals surface area (Å²) >= 11 is 1.88. The lowest BCUT2D eigenvalue weighted by atomic mass is 9.93. The molecule has 16 heavy (non-hydrogen) atoms. The van der Waals surface area contributed by atoms with E-state index in [1.807, 2.05) is 11.3 Å². The van der Waals surface area contributed by atoms with Crippen LogP contribution in [0.25, 0.3) is 0 Å². The molecule has 0 amide bonds. The van der Waals surface area contributed by atoms with Gasteiger partial charge in [-0.1, -0.05) is 0 Å². The summed E-state index contributed by atoms with van der Waals surface area (Å²) in [5.41, 5.74) is 1.44. The molecule has 3 heteroatoms. The van der Waals surface area contributed by atoms with Gasteiger partial charge in [-0.05, 0) is 51.2 Å². The second-order valence-electron chi connectivity index (χ2n) is 4.82. The lowest BCUT2D eigenvalue weighted by Crippen LogP contribution is -2.34. The van der Waals surface area contributed by atoms with E-state index in [4.69, 9.17) is 0 Å². The van der Waals surface area contributed by atoms with Gasteiger partial charge in [-0.3, -0.25) is 0 Å². The molecule has 0 saturated heterocycles. The molecule has 1 aromatic heterocycles. The molecule has 0 aliphatic heterocycles. The number of aryl methyl sites for hydroxylation is 2. The minimum absolute atomic E-state index is 0.0526. The number of nitrogens with one attached hydrogen (secondary N) is 1. The first-order valence-electron chi connectivity index (χ1n) is 6.12. The van der Waals surface area contributed by atoms with Gasteiger partial charge in [0.2, 0.25) is 0 Å². The summed E-state index contributed by atoms with van der Waals surface area (Å²) in [6.45, 7) is 5.34. The summed E-state index contributed by atoms with van der Waals surface area (Å²) < 4.78 is 0. The summed E-state index contributed by atoms with van der Waals surface area (Å²) in [6, 6.07) is 2.88. The van der Waals surface area contributed by atoms with Crippen LogP contribution in [0.5, 0.6) is 0 Å². The highest BCUT2D eigenvalue weighted by atomic mass is 32.1. The molecule has 0 radical (unpaired) electrons. The van der Waals surface area contributed by atoms with Crippen LogP contribution >= 0.6 is 11.3 Å². The molecule has 2 nitrogen and oxygen atoms in total. The van der Waals surface area contributed by atoms with Crippen LogP contribution in [-0.2, 0) is 6.54 Å². The molecule has 1 fully saturated rings. The maximum Gasteiger partial charge on any atom is 0.0541 e. The van der Waals surface area contributed by atoms with E-state index in [9.17, 15) is 5.11 Å². The maximum atomic E-state index is 9.43. The molecule has 0 atom stereocenters. The smallest absolute Gasteiger partial charge is 0.0541 e. The Hall–Kier alpha value is -0.380.